The van der Waals surface area contributed by atoms with Crippen LogP contribution >= 0.6 is 0 Å². The summed E-state index contributed by atoms with van der Waals surface area (Å²) in [6.45, 7) is 5.53. The molecule has 1 fully saturated rings. The summed E-state index contributed by atoms with van der Waals surface area (Å²) < 4.78 is 0. The molecule has 112 valence electrons. The third-order valence-electron chi connectivity index (χ3n) is 4.55. The number of likely N-dealkylation sites (tertiary alicyclic amines) is 1. The van der Waals surface area contributed by atoms with Crippen LogP contribution in [0.1, 0.15) is 36.9 Å². The Morgan fingerprint density at radius 1 is 1.33 bits per heavy atom. The molecule has 2 aromatic rings. The number of nitrogens with zero attached hydrogens (tertiary/aromatic N) is 1. The van der Waals surface area contributed by atoms with Crippen LogP contribution in [0.2, 0.25) is 0 Å². The molecule has 0 saturated carbocycles. The van der Waals surface area contributed by atoms with Gasteiger partial charge >= 0.3 is 0 Å². The summed E-state index contributed by atoms with van der Waals surface area (Å²) in [6, 6.07) is 8.07. The number of nitrogens with two attached hydrogens (primary N) is 1. The Kier molecular flexibility index (Phi) is 3.72. The Morgan fingerprint density at radius 2 is 2.00 bits per heavy atom. The standard InChI is InChI=1S/C17H23N3O/c1-11(18)17(21)20-9-7-13(8-10-20)16-12(2)19-15-6-4-3-5-14(15)16/h3-6,11,13,19H,7-10,18H2,1-2H3. The normalized spacial score (nSPS) is 18.1. The molecule has 0 spiro atoms. The van der Waals surface area contributed by atoms with E-state index in [0.29, 0.717) is 5.92 Å². The number of aryl methyl sites for hydroxylation is 1. The lowest BCUT2D eigenvalue weighted by atomic mass is 9.87. The molecule has 1 aromatic carbocycles. The summed E-state index contributed by atoms with van der Waals surface area (Å²) in [4.78, 5) is 17.3. The van der Waals surface area contributed by atoms with Crippen molar-refractivity contribution in [3.63, 3.8) is 0 Å². The number of rotatable bonds is 2. The SMILES string of the molecule is Cc1[nH]c2ccccc2c1C1CCN(C(=O)C(C)N)CC1. The lowest BCUT2D eigenvalue weighted by Crippen LogP contribution is -2.45. The molecule has 0 aliphatic carbocycles. The molecule has 21 heavy (non-hydrogen) atoms. The number of H-pyrrole nitrogens is 1. The number of nitrogens with one attached hydrogen (secondary N) is 1. The third-order valence-corrected chi connectivity index (χ3v) is 4.55. The van der Waals surface area contributed by atoms with Crippen LogP contribution < -0.4 is 5.73 Å². The van der Waals surface area contributed by atoms with Crippen molar-refractivity contribution in [2.75, 3.05) is 13.1 Å². The number of para-hydroxylation sites is 1. The lowest BCUT2D eigenvalue weighted by Gasteiger charge is -2.33. The van der Waals surface area contributed by atoms with E-state index in [1.165, 1.54) is 22.2 Å². The molecule has 1 aliphatic heterocycles. The molecule has 1 aromatic heterocycles. The van der Waals surface area contributed by atoms with E-state index in [0.717, 1.165) is 25.9 Å². The van der Waals surface area contributed by atoms with Crippen LogP contribution in [-0.4, -0.2) is 34.9 Å². The quantitative estimate of drug-likeness (QED) is 0.890. The highest BCUT2D eigenvalue weighted by Crippen LogP contribution is 2.35. The first-order chi connectivity index (χ1) is 10.1. The lowest BCUT2D eigenvalue weighted by molar-refractivity contribution is -0.133. The number of piperidine rings is 1. The first-order valence-electron chi connectivity index (χ1n) is 7.69. The molecule has 1 amide bonds. The molecular formula is C17H23N3O. The molecular weight excluding hydrogens is 262 g/mol. The van der Waals surface area contributed by atoms with Gasteiger partial charge in [0, 0.05) is 29.7 Å². The molecule has 3 rings (SSSR count). The molecule has 1 saturated heterocycles. The van der Waals surface area contributed by atoms with Crippen molar-refractivity contribution in [2.24, 2.45) is 5.73 Å². The van der Waals surface area contributed by atoms with Gasteiger partial charge in [-0.3, -0.25) is 4.79 Å². The molecule has 1 atom stereocenters. The van der Waals surface area contributed by atoms with E-state index < -0.39 is 6.04 Å². The fourth-order valence-corrected chi connectivity index (χ4v) is 3.50. The van der Waals surface area contributed by atoms with Crippen LogP contribution in [-0.2, 0) is 4.79 Å². The second-order valence-electron chi connectivity index (χ2n) is 6.10. The minimum absolute atomic E-state index is 0.0732. The summed E-state index contributed by atoms with van der Waals surface area (Å²) in [5.74, 6) is 0.599. The highest BCUT2D eigenvalue weighted by Gasteiger charge is 2.27. The van der Waals surface area contributed by atoms with Gasteiger partial charge in [0.2, 0.25) is 5.91 Å². The maximum Gasteiger partial charge on any atom is 0.239 e. The number of carbonyl (C=O) groups excluding carboxylic acids is 1. The van der Waals surface area contributed by atoms with Gasteiger partial charge in [-0.15, -0.1) is 0 Å². The summed E-state index contributed by atoms with van der Waals surface area (Å²) >= 11 is 0. The number of amides is 1. The second kappa shape index (κ2) is 5.53. The number of aromatic amines is 1. The van der Waals surface area contributed by atoms with E-state index in [9.17, 15) is 4.79 Å². The van der Waals surface area contributed by atoms with Crippen LogP contribution in [0.4, 0.5) is 0 Å². The molecule has 1 aliphatic rings. The van der Waals surface area contributed by atoms with Crippen molar-refractivity contribution in [2.45, 2.75) is 38.6 Å². The van der Waals surface area contributed by atoms with Crippen molar-refractivity contribution >= 4 is 16.8 Å². The topological polar surface area (TPSA) is 62.1 Å². The van der Waals surface area contributed by atoms with Crippen LogP contribution in [0, 0.1) is 6.92 Å². The largest absolute Gasteiger partial charge is 0.358 e. The number of fused-ring (bicyclic) bond motifs is 1. The van der Waals surface area contributed by atoms with Gasteiger partial charge in [0.1, 0.15) is 0 Å². The van der Waals surface area contributed by atoms with Crippen LogP contribution in [0.5, 0.6) is 0 Å². The predicted octanol–water partition coefficient (Wildman–Crippen LogP) is 2.53. The van der Waals surface area contributed by atoms with Gasteiger partial charge in [-0.25, -0.2) is 0 Å². The van der Waals surface area contributed by atoms with Gasteiger partial charge in [0.05, 0.1) is 6.04 Å². The number of aromatic nitrogens is 1. The zero-order chi connectivity index (χ0) is 15.0. The highest BCUT2D eigenvalue weighted by molar-refractivity contribution is 5.85. The Morgan fingerprint density at radius 3 is 2.67 bits per heavy atom. The fraction of sp³-hybridized carbons (Fsp3) is 0.471. The Hall–Kier alpha value is -1.81. The second-order valence-corrected chi connectivity index (χ2v) is 6.10. The minimum atomic E-state index is -0.392. The maximum atomic E-state index is 12.0. The van der Waals surface area contributed by atoms with E-state index in [1.54, 1.807) is 6.92 Å². The Labute approximate surface area is 125 Å². The number of hydrogen-bond acceptors (Lipinski definition) is 2. The summed E-state index contributed by atoms with van der Waals surface area (Å²) in [5.41, 5.74) is 9.59. The molecule has 0 radical (unpaired) electrons. The number of benzene rings is 1. The summed E-state index contributed by atoms with van der Waals surface area (Å²) in [7, 11) is 0. The van der Waals surface area contributed by atoms with Crippen LogP contribution in [0.25, 0.3) is 10.9 Å². The average molecular weight is 285 g/mol. The van der Waals surface area contributed by atoms with Gasteiger partial charge < -0.3 is 15.6 Å². The average Bonchev–Trinajstić information content (AvgIpc) is 2.82. The van der Waals surface area contributed by atoms with E-state index in [4.69, 9.17) is 5.73 Å². The third kappa shape index (κ3) is 2.56. The van der Waals surface area contributed by atoms with Crippen molar-refractivity contribution < 1.29 is 4.79 Å². The Balaban J connectivity index is 1.80. The fourth-order valence-electron chi connectivity index (χ4n) is 3.50. The minimum Gasteiger partial charge on any atom is -0.358 e. The molecule has 4 heteroatoms. The molecule has 4 nitrogen and oxygen atoms in total. The van der Waals surface area contributed by atoms with Gasteiger partial charge in [0.15, 0.2) is 0 Å². The van der Waals surface area contributed by atoms with E-state index in [2.05, 4.69) is 36.2 Å². The van der Waals surface area contributed by atoms with E-state index in [1.807, 2.05) is 4.90 Å². The van der Waals surface area contributed by atoms with Gasteiger partial charge in [0.25, 0.3) is 0 Å². The first-order valence-corrected chi connectivity index (χ1v) is 7.69. The molecule has 1 unspecified atom stereocenters. The maximum absolute atomic E-state index is 12.0. The van der Waals surface area contributed by atoms with Crippen LogP contribution in [0.15, 0.2) is 24.3 Å². The van der Waals surface area contributed by atoms with Gasteiger partial charge in [-0.2, -0.15) is 0 Å². The monoisotopic (exact) mass is 285 g/mol. The zero-order valence-electron chi connectivity index (χ0n) is 12.7. The van der Waals surface area contributed by atoms with Gasteiger partial charge in [-0.05, 0) is 44.2 Å². The smallest absolute Gasteiger partial charge is 0.239 e. The number of hydrogen-bond donors (Lipinski definition) is 2. The molecule has 0 bridgehead atoms. The van der Waals surface area contributed by atoms with E-state index in [-0.39, 0.29) is 5.91 Å². The predicted molar refractivity (Wildman–Crippen MR) is 85.2 cm³/mol. The van der Waals surface area contributed by atoms with Crippen LogP contribution in [0.3, 0.4) is 0 Å². The van der Waals surface area contributed by atoms with Crippen molar-refractivity contribution in [3.8, 4) is 0 Å². The van der Waals surface area contributed by atoms with Gasteiger partial charge in [-0.1, -0.05) is 18.2 Å². The summed E-state index contributed by atoms with van der Waals surface area (Å²) in [5, 5.41) is 1.33. The molecule has 2 heterocycles. The summed E-state index contributed by atoms with van der Waals surface area (Å²) in [6.07, 6.45) is 2.03. The highest BCUT2D eigenvalue weighted by atomic mass is 16.2. The zero-order valence-corrected chi connectivity index (χ0v) is 12.7. The first kappa shape index (κ1) is 14.1. The molecule has 3 N–H and O–H groups in total. The number of carbonyl (C=O) groups is 1. The van der Waals surface area contributed by atoms with Crippen molar-refractivity contribution in [3.05, 3.63) is 35.5 Å². The Bertz CT molecular complexity index is 651. The van der Waals surface area contributed by atoms with Crippen molar-refractivity contribution in [1.82, 2.24) is 9.88 Å². The van der Waals surface area contributed by atoms with Crippen molar-refractivity contribution in [1.29, 1.82) is 0 Å². The van der Waals surface area contributed by atoms with E-state index >= 15 is 0 Å².